The molecule has 0 aliphatic heterocycles. The molecular weight excluding hydrogens is 283 g/mol. The first-order chi connectivity index (χ1) is 9.74. The fourth-order valence-corrected chi connectivity index (χ4v) is 1.96. The fourth-order valence-electron chi connectivity index (χ4n) is 1.96. The van der Waals surface area contributed by atoms with E-state index in [0.717, 1.165) is 6.07 Å². The van der Waals surface area contributed by atoms with Crippen LogP contribution < -0.4 is 10.5 Å². The van der Waals surface area contributed by atoms with Gasteiger partial charge in [0, 0.05) is 26.2 Å². The molecule has 0 aliphatic rings. The fraction of sp³-hybridized carbons (Fsp3) is 0.600. The Morgan fingerprint density at radius 3 is 2.43 bits per heavy atom. The third-order valence-corrected chi connectivity index (χ3v) is 2.96. The summed E-state index contributed by atoms with van der Waals surface area (Å²) in [6.45, 7) is 3.91. The molecule has 0 spiro atoms. The molecule has 3 nitrogen and oxygen atoms in total. The average molecular weight is 305 g/mol. The maximum Gasteiger partial charge on any atom is 0.419 e. The highest BCUT2D eigenvalue weighted by Gasteiger charge is 2.35. The number of nitrogens with two attached hydrogens (primary N) is 1. The van der Waals surface area contributed by atoms with Gasteiger partial charge in [-0.3, -0.25) is 0 Å². The van der Waals surface area contributed by atoms with E-state index >= 15 is 0 Å². The lowest BCUT2D eigenvalue weighted by atomic mass is 10.0. The maximum absolute atomic E-state index is 13.1. The van der Waals surface area contributed by atoms with Crippen LogP contribution >= 0.6 is 0 Å². The number of hydrogen-bond donors (Lipinski definition) is 1. The van der Waals surface area contributed by atoms with Gasteiger partial charge in [-0.2, -0.15) is 13.2 Å². The van der Waals surface area contributed by atoms with Crippen molar-refractivity contribution in [2.24, 2.45) is 5.73 Å². The predicted molar refractivity (Wildman–Crippen MR) is 75.4 cm³/mol. The molecule has 1 rings (SSSR count). The van der Waals surface area contributed by atoms with E-state index in [4.69, 9.17) is 15.2 Å². The van der Waals surface area contributed by atoms with Crippen LogP contribution in [0.25, 0.3) is 0 Å². The Bertz CT molecular complexity index is 447. The molecule has 0 aromatic heterocycles. The maximum atomic E-state index is 13.1. The zero-order chi connectivity index (χ0) is 16.0. The largest absolute Gasteiger partial charge is 0.490 e. The van der Waals surface area contributed by atoms with Gasteiger partial charge in [-0.25, -0.2) is 0 Å². The van der Waals surface area contributed by atoms with Gasteiger partial charge in [0.1, 0.15) is 5.75 Å². The van der Waals surface area contributed by atoms with Crippen LogP contribution in [0.5, 0.6) is 5.75 Å². The lowest BCUT2D eigenvalue weighted by Crippen LogP contribution is -2.20. The van der Waals surface area contributed by atoms with Crippen molar-refractivity contribution >= 4 is 0 Å². The van der Waals surface area contributed by atoms with Crippen molar-refractivity contribution in [1.29, 1.82) is 0 Å². The van der Waals surface area contributed by atoms with Crippen LogP contribution in [0, 0.1) is 0 Å². The zero-order valence-electron chi connectivity index (χ0n) is 12.5. The smallest absolute Gasteiger partial charge is 0.419 e. The number of halogens is 3. The summed E-state index contributed by atoms with van der Waals surface area (Å²) in [5, 5.41) is 0. The first-order valence-electron chi connectivity index (χ1n) is 6.85. The van der Waals surface area contributed by atoms with Crippen LogP contribution in [0.2, 0.25) is 0 Å². The predicted octanol–water partition coefficient (Wildman–Crippen LogP) is 3.40. The number of methoxy groups -OCH3 is 1. The van der Waals surface area contributed by atoms with E-state index < -0.39 is 11.7 Å². The number of ether oxygens (including phenoxy) is 2. The molecule has 0 saturated carbocycles. The normalized spacial score (nSPS) is 14.8. The molecule has 6 heteroatoms. The van der Waals surface area contributed by atoms with Gasteiger partial charge >= 0.3 is 6.18 Å². The Kier molecular flexibility index (Phi) is 6.48. The molecule has 0 saturated heterocycles. The topological polar surface area (TPSA) is 44.5 Å². The summed E-state index contributed by atoms with van der Waals surface area (Å²) in [5.74, 6) is -0.153. The van der Waals surface area contributed by atoms with Gasteiger partial charge in [-0.05, 0) is 38.0 Å². The number of alkyl halides is 3. The van der Waals surface area contributed by atoms with Crippen LogP contribution in [0.3, 0.4) is 0 Å². The highest BCUT2D eigenvalue weighted by molar-refractivity contribution is 5.39. The van der Waals surface area contributed by atoms with Gasteiger partial charge in [0.05, 0.1) is 11.7 Å². The van der Waals surface area contributed by atoms with Crippen molar-refractivity contribution < 1.29 is 22.6 Å². The average Bonchev–Trinajstić information content (AvgIpc) is 2.36. The minimum Gasteiger partial charge on any atom is -0.490 e. The Morgan fingerprint density at radius 1 is 1.24 bits per heavy atom. The molecule has 2 atom stereocenters. The van der Waals surface area contributed by atoms with Crippen LogP contribution in [-0.4, -0.2) is 25.9 Å². The summed E-state index contributed by atoms with van der Waals surface area (Å²) in [6, 6.07) is 3.90. The Morgan fingerprint density at radius 2 is 1.90 bits per heavy atom. The van der Waals surface area contributed by atoms with E-state index in [2.05, 4.69) is 0 Å². The molecule has 2 unspecified atom stereocenters. The lowest BCUT2D eigenvalue weighted by Gasteiger charge is -2.19. The minimum absolute atomic E-state index is 0.153. The highest BCUT2D eigenvalue weighted by Crippen LogP contribution is 2.37. The Hall–Kier alpha value is -1.27. The van der Waals surface area contributed by atoms with E-state index in [1.54, 1.807) is 19.9 Å². The van der Waals surface area contributed by atoms with E-state index in [1.165, 1.54) is 13.2 Å². The van der Waals surface area contributed by atoms with Crippen molar-refractivity contribution in [3.05, 3.63) is 29.3 Å². The molecule has 0 heterocycles. The SMILES string of the molecule is COCCC(C)Oc1ccc(CC(C)N)cc1C(F)(F)F. The van der Waals surface area contributed by atoms with Crippen molar-refractivity contribution in [3.63, 3.8) is 0 Å². The first kappa shape index (κ1) is 17.8. The van der Waals surface area contributed by atoms with E-state index in [1.807, 2.05) is 0 Å². The summed E-state index contributed by atoms with van der Waals surface area (Å²) in [4.78, 5) is 0. The van der Waals surface area contributed by atoms with Crippen molar-refractivity contribution in [2.45, 2.75) is 45.0 Å². The Labute approximate surface area is 123 Å². The standard InChI is InChI=1S/C15H22F3NO2/c1-10(19)8-12-4-5-14(13(9-12)15(16,17)18)21-11(2)6-7-20-3/h4-5,9-11H,6-8,19H2,1-3H3. The number of rotatable bonds is 7. The first-order valence-corrected chi connectivity index (χ1v) is 6.85. The van der Waals surface area contributed by atoms with Crippen molar-refractivity contribution in [3.8, 4) is 5.75 Å². The molecule has 0 radical (unpaired) electrons. The monoisotopic (exact) mass is 305 g/mol. The molecule has 0 fully saturated rings. The van der Waals surface area contributed by atoms with E-state index in [-0.39, 0.29) is 17.9 Å². The molecule has 0 aliphatic carbocycles. The van der Waals surface area contributed by atoms with Crippen molar-refractivity contribution in [2.75, 3.05) is 13.7 Å². The lowest BCUT2D eigenvalue weighted by molar-refractivity contribution is -0.139. The van der Waals surface area contributed by atoms with Crippen LogP contribution in [0.1, 0.15) is 31.4 Å². The van der Waals surface area contributed by atoms with Crippen LogP contribution in [-0.2, 0) is 17.3 Å². The third kappa shape index (κ3) is 5.93. The van der Waals surface area contributed by atoms with Crippen LogP contribution in [0.15, 0.2) is 18.2 Å². The van der Waals surface area contributed by atoms with Gasteiger partial charge < -0.3 is 15.2 Å². The summed E-state index contributed by atoms with van der Waals surface area (Å²) in [7, 11) is 1.54. The second-order valence-electron chi connectivity index (χ2n) is 5.22. The summed E-state index contributed by atoms with van der Waals surface area (Å²) in [5.41, 5.74) is 5.42. The quantitative estimate of drug-likeness (QED) is 0.839. The zero-order valence-corrected chi connectivity index (χ0v) is 12.5. The third-order valence-electron chi connectivity index (χ3n) is 2.96. The van der Waals surface area contributed by atoms with Crippen molar-refractivity contribution in [1.82, 2.24) is 0 Å². The highest BCUT2D eigenvalue weighted by atomic mass is 19.4. The molecule has 0 bridgehead atoms. The minimum atomic E-state index is -4.45. The van der Waals surface area contributed by atoms with Gasteiger partial charge in [-0.1, -0.05) is 6.07 Å². The second kappa shape index (κ2) is 7.66. The molecule has 1 aromatic rings. The van der Waals surface area contributed by atoms with Crippen LogP contribution in [0.4, 0.5) is 13.2 Å². The molecule has 120 valence electrons. The summed E-state index contributed by atoms with van der Waals surface area (Å²) < 4.78 is 49.7. The summed E-state index contributed by atoms with van der Waals surface area (Å²) >= 11 is 0. The van der Waals surface area contributed by atoms with E-state index in [0.29, 0.717) is 25.0 Å². The summed E-state index contributed by atoms with van der Waals surface area (Å²) in [6.07, 6.45) is -3.90. The molecular formula is C15H22F3NO2. The Balaban J connectivity index is 2.97. The molecule has 1 aromatic carbocycles. The van der Waals surface area contributed by atoms with E-state index in [9.17, 15) is 13.2 Å². The molecule has 21 heavy (non-hydrogen) atoms. The van der Waals surface area contributed by atoms with Gasteiger partial charge in [0.2, 0.25) is 0 Å². The van der Waals surface area contributed by atoms with Gasteiger partial charge in [0.25, 0.3) is 0 Å². The second-order valence-corrected chi connectivity index (χ2v) is 5.22. The number of hydrogen-bond acceptors (Lipinski definition) is 3. The molecule has 0 amide bonds. The van der Waals surface area contributed by atoms with Gasteiger partial charge in [-0.15, -0.1) is 0 Å². The number of benzene rings is 1. The van der Waals surface area contributed by atoms with Gasteiger partial charge in [0.15, 0.2) is 0 Å². The molecule has 2 N–H and O–H groups in total.